The molecule has 0 spiro atoms. The van der Waals surface area contributed by atoms with Gasteiger partial charge in [-0.3, -0.25) is 4.79 Å². The summed E-state index contributed by atoms with van der Waals surface area (Å²) in [5, 5.41) is 0. The highest BCUT2D eigenvalue weighted by Crippen LogP contribution is 2.18. The standard InChI is InChI=1S/C17H19NO/c1-12-5-3-4-6-16(12)17(19)15-9-7-14(8-10-15)13(2)11-18/h3-10,13H,11,18H2,1-2H3. The molecular weight excluding hydrogens is 234 g/mol. The number of ketones is 1. The number of aryl methyl sites for hydroxylation is 1. The van der Waals surface area contributed by atoms with Gasteiger partial charge in [-0.25, -0.2) is 0 Å². The van der Waals surface area contributed by atoms with Gasteiger partial charge in [-0.2, -0.15) is 0 Å². The van der Waals surface area contributed by atoms with Crippen LogP contribution < -0.4 is 5.73 Å². The van der Waals surface area contributed by atoms with Gasteiger partial charge in [0, 0.05) is 11.1 Å². The molecule has 2 N–H and O–H groups in total. The number of hydrogen-bond acceptors (Lipinski definition) is 2. The largest absolute Gasteiger partial charge is 0.330 e. The minimum atomic E-state index is 0.0741. The minimum Gasteiger partial charge on any atom is -0.330 e. The van der Waals surface area contributed by atoms with E-state index in [-0.39, 0.29) is 5.78 Å². The van der Waals surface area contributed by atoms with Crippen molar-refractivity contribution in [2.75, 3.05) is 6.54 Å². The lowest BCUT2D eigenvalue weighted by molar-refractivity contribution is 0.103. The Labute approximate surface area is 114 Å². The van der Waals surface area contributed by atoms with E-state index in [1.165, 1.54) is 5.56 Å². The molecule has 0 aliphatic rings. The van der Waals surface area contributed by atoms with Gasteiger partial charge >= 0.3 is 0 Å². The molecule has 1 atom stereocenters. The molecule has 2 aromatic carbocycles. The summed E-state index contributed by atoms with van der Waals surface area (Å²) in [6.45, 7) is 4.65. The summed E-state index contributed by atoms with van der Waals surface area (Å²) in [6.07, 6.45) is 0. The molecule has 0 aliphatic heterocycles. The summed E-state index contributed by atoms with van der Waals surface area (Å²) in [7, 11) is 0. The first-order chi connectivity index (χ1) is 9.13. The average molecular weight is 253 g/mol. The molecule has 0 aromatic heterocycles. The first kappa shape index (κ1) is 13.5. The Hall–Kier alpha value is -1.93. The van der Waals surface area contributed by atoms with Crippen LogP contribution in [0.3, 0.4) is 0 Å². The molecule has 0 fully saturated rings. The maximum atomic E-state index is 12.4. The van der Waals surface area contributed by atoms with Crippen molar-refractivity contribution in [1.82, 2.24) is 0 Å². The van der Waals surface area contributed by atoms with Crippen LogP contribution in [0.4, 0.5) is 0 Å². The summed E-state index contributed by atoms with van der Waals surface area (Å²) >= 11 is 0. The Morgan fingerprint density at radius 3 is 2.32 bits per heavy atom. The fourth-order valence-corrected chi connectivity index (χ4v) is 2.08. The van der Waals surface area contributed by atoms with Crippen LogP contribution >= 0.6 is 0 Å². The molecule has 0 saturated heterocycles. The Balaban J connectivity index is 2.28. The summed E-state index contributed by atoms with van der Waals surface area (Å²) < 4.78 is 0. The Morgan fingerprint density at radius 2 is 1.74 bits per heavy atom. The molecule has 2 rings (SSSR count). The summed E-state index contributed by atoms with van der Waals surface area (Å²) in [5.41, 5.74) is 9.31. The zero-order valence-corrected chi connectivity index (χ0v) is 11.4. The maximum absolute atomic E-state index is 12.4. The Morgan fingerprint density at radius 1 is 1.11 bits per heavy atom. The van der Waals surface area contributed by atoms with E-state index in [1.54, 1.807) is 0 Å². The number of rotatable bonds is 4. The molecule has 0 radical (unpaired) electrons. The molecule has 2 aromatic rings. The monoisotopic (exact) mass is 253 g/mol. The fraction of sp³-hybridized carbons (Fsp3) is 0.235. The average Bonchev–Trinajstić information content (AvgIpc) is 2.46. The molecule has 0 aliphatic carbocycles. The normalized spacial score (nSPS) is 12.2. The van der Waals surface area contributed by atoms with Crippen LogP contribution in [0.25, 0.3) is 0 Å². The topological polar surface area (TPSA) is 43.1 Å². The van der Waals surface area contributed by atoms with Crippen LogP contribution in [0.15, 0.2) is 48.5 Å². The minimum absolute atomic E-state index is 0.0741. The highest BCUT2D eigenvalue weighted by Gasteiger charge is 2.11. The van der Waals surface area contributed by atoms with Crippen LogP contribution in [0.5, 0.6) is 0 Å². The van der Waals surface area contributed by atoms with Crippen LogP contribution in [-0.2, 0) is 0 Å². The van der Waals surface area contributed by atoms with Gasteiger partial charge in [0.1, 0.15) is 0 Å². The van der Waals surface area contributed by atoms with Gasteiger partial charge < -0.3 is 5.73 Å². The third kappa shape index (κ3) is 2.91. The molecule has 0 bridgehead atoms. The number of carbonyl (C=O) groups excluding carboxylic acids is 1. The molecular formula is C17H19NO. The van der Waals surface area contributed by atoms with Crippen molar-refractivity contribution in [2.45, 2.75) is 19.8 Å². The van der Waals surface area contributed by atoms with Crippen molar-refractivity contribution >= 4 is 5.78 Å². The van der Waals surface area contributed by atoms with Crippen LogP contribution in [0.1, 0.15) is 39.9 Å². The molecule has 2 nitrogen and oxygen atoms in total. The molecule has 19 heavy (non-hydrogen) atoms. The Kier molecular flexibility index (Phi) is 4.13. The van der Waals surface area contributed by atoms with Crippen molar-refractivity contribution in [2.24, 2.45) is 5.73 Å². The van der Waals surface area contributed by atoms with Gasteiger partial charge in [0.25, 0.3) is 0 Å². The van der Waals surface area contributed by atoms with E-state index >= 15 is 0 Å². The van der Waals surface area contributed by atoms with Crippen LogP contribution in [-0.4, -0.2) is 12.3 Å². The second kappa shape index (κ2) is 5.81. The second-order valence-corrected chi connectivity index (χ2v) is 4.90. The van der Waals surface area contributed by atoms with Crippen molar-refractivity contribution in [3.8, 4) is 0 Å². The van der Waals surface area contributed by atoms with Gasteiger partial charge in [-0.1, -0.05) is 55.5 Å². The lowest BCUT2D eigenvalue weighted by Gasteiger charge is -2.10. The molecule has 1 unspecified atom stereocenters. The number of benzene rings is 2. The first-order valence-corrected chi connectivity index (χ1v) is 6.54. The Bertz CT molecular complexity index is 572. The van der Waals surface area contributed by atoms with Crippen molar-refractivity contribution in [1.29, 1.82) is 0 Å². The van der Waals surface area contributed by atoms with E-state index in [1.807, 2.05) is 55.5 Å². The fourth-order valence-electron chi connectivity index (χ4n) is 2.08. The van der Waals surface area contributed by atoms with Crippen LogP contribution in [0.2, 0.25) is 0 Å². The summed E-state index contributed by atoms with van der Waals surface area (Å²) in [4.78, 5) is 12.4. The van der Waals surface area contributed by atoms with Gasteiger partial charge in [-0.05, 0) is 30.5 Å². The van der Waals surface area contributed by atoms with Crippen molar-refractivity contribution in [3.05, 3.63) is 70.8 Å². The van der Waals surface area contributed by atoms with E-state index in [4.69, 9.17) is 5.73 Å². The third-order valence-corrected chi connectivity index (χ3v) is 3.49. The third-order valence-electron chi connectivity index (χ3n) is 3.49. The molecule has 2 heteroatoms. The van der Waals surface area contributed by atoms with Gasteiger partial charge in [-0.15, -0.1) is 0 Å². The number of carbonyl (C=O) groups is 1. The van der Waals surface area contributed by atoms with Crippen molar-refractivity contribution in [3.63, 3.8) is 0 Å². The van der Waals surface area contributed by atoms with Crippen LogP contribution in [0, 0.1) is 6.92 Å². The van der Waals surface area contributed by atoms with E-state index in [0.29, 0.717) is 12.5 Å². The first-order valence-electron chi connectivity index (χ1n) is 6.54. The quantitative estimate of drug-likeness (QED) is 0.850. The van der Waals surface area contributed by atoms with E-state index < -0.39 is 0 Å². The van der Waals surface area contributed by atoms with Gasteiger partial charge in [0.15, 0.2) is 5.78 Å². The van der Waals surface area contributed by atoms with E-state index in [9.17, 15) is 4.79 Å². The summed E-state index contributed by atoms with van der Waals surface area (Å²) in [6, 6.07) is 15.4. The summed E-state index contributed by atoms with van der Waals surface area (Å²) in [5.74, 6) is 0.396. The zero-order valence-electron chi connectivity index (χ0n) is 11.4. The predicted molar refractivity (Wildman–Crippen MR) is 78.5 cm³/mol. The zero-order chi connectivity index (χ0) is 13.8. The molecule has 0 saturated carbocycles. The van der Waals surface area contributed by atoms with E-state index in [2.05, 4.69) is 6.92 Å². The maximum Gasteiger partial charge on any atom is 0.193 e. The SMILES string of the molecule is Cc1ccccc1C(=O)c1ccc(C(C)CN)cc1. The number of nitrogens with two attached hydrogens (primary N) is 1. The molecule has 0 heterocycles. The van der Waals surface area contributed by atoms with E-state index in [0.717, 1.165) is 16.7 Å². The lowest BCUT2D eigenvalue weighted by Crippen LogP contribution is -2.09. The van der Waals surface area contributed by atoms with Crippen molar-refractivity contribution < 1.29 is 4.79 Å². The highest BCUT2D eigenvalue weighted by molar-refractivity contribution is 6.09. The molecule has 0 amide bonds. The highest BCUT2D eigenvalue weighted by atomic mass is 16.1. The number of hydrogen-bond donors (Lipinski definition) is 1. The predicted octanol–water partition coefficient (Wildman–Crippen LogP) is 3.29. The second-order valence-electron chi connectivity index (χ2n) is 4.90. The smallest absolute Gasteiger partial charge is 0.193 e. The lowest BCUT2D eigenvalue weighted by atomic mass is 9.95. The molecule has 98 valence electrons. The van der Waals surface area contributed by atoms with Gasteiger partial charge in [0.05, 0.1) is 0 Å². The van der Waals surface area contributed by atoms with Gasteiger partial charge in [0.2, 0.25) is 0 Å².